The van der Waals surface area contributed by atoms with E-state index in [1.807, 2.05) is 6.07 Å². The second-order valence-corrected chi connectivity index (χ2v) is 8.73. The first-order valence-electron chi connectivity index (χ1n) is 9.73. The zero-order valence-corrected chi connectivity index (χ0v) is 16.7. The number of hydrogen-bond donors (Lipinski definition) is 1. The number of halogens is 1. The molecule has 2 unspecified atom stereocenters. The van der Waals surface area contributed by atoms with Crippen LogP contribution in [0, 0.1) is 5.82 Å². The van der Waals surface area contributed by atoms with Gasteiger partial charge in [0.25, 0.3) is 5.91 Å². The number of benzene rings is 2. The Balaban J connectivity index is 1.74. The molecular formula is C21H20FN3O3S. The molecule has 0 saturated carbocycles. The summed E-state index contributed by atoms with van der Waals surface area (Å²) in [6.07, 6.45) is 3.42. The maximum Gasteiger partial charge on any atom is 0.264 e. The maximum atomic E-state index is 13.6. The Bertz CT molecular complexity index is 1150. The fraction of sp³-hybridized carbons (Fsp3) is 0.333. The zero-order valence-electron chi connectivity index (χ0n) is 15.9. The monoisotopic (exact) mass is 413 g/mol. The predicted molar refractivity (Wildman–Crippen MR) is 107 cm³/mol. The van der Waals surface area contributed by atoms with Crippen molar-refractivity contribution in [3.05, 3.63) is 47.3 Å². The first-order valence-corrected chi connectivity index (χ1v) is 10.9. The third-order valence-corrected chi connectivity index (χ3v) is 6.98. The molecule has 1 amide bonds. The highest BCUT2D eigenvalue weighted by atomic mass is 32.2. The molecule has 0 aliphatic carbocycles. The molecule has 0 bridgehead atoms. The Kier molecular flexibility index (Phi) is 4.48. The fourth-order valence-corrected chi connectivity index (χ4v) is 5.37. The van der Waals surface area contributed by atoms with E-state index in [1.54, 1.807) is 12.1 Å². The molecule has 1 saturated heterocycles. The van der Waals surface area contributed by atoms with E-state index >= 15 is 0 Å². The molecule has 2 aliphatic rings. The normalized spacial score (nSPS) is 20.6. The van der Waals surface area contributed by atoms with Gasteiger partial charge in [-0.25, -0.2) is 8.60 Å². The van der Waals surface area contributed by atoms with E-state index in [9.17, 15) is 13.4 Å². The van der Waals surface area contributed by atoms with Gasteiger partial charge in [-0.3, -0.25) is 14.4 Å². The molecule has 1 N–H and O–H groups in total. The van der Waals surface area contributed by atoms with E-state index in [2.05, 4.69) is 21.7 Å². The SMILES string of the molecule is CC(c1c(-c2noc3cc(F)ccc23)ccc2c1C(=O)NS2=O)N1CCCCC1. The molecule has 0 radical (unpaired) electrons. The minimum Gasteiger partial charge on any atom is -0.356 e. The van der Waals surface area contributed by atoms with Crippen molar-refractivity contribution in [1.82, 2.24) is 14.8 Å². The van der Waals surface area contributed by atoms with Crippen molar-refractivity contribution in [3.8, 4) is 11.3 Å². The van der Waals surface area contributed by atoms with Crippen LogP contribution in [0.1, 0.15) is 48.1 Å². The van der Waals surface area contributed by atoms with Crippen LogP contribution >= 0.6 is 0 Å². The van der Waals surface area contributed by atoms with Gasteiger partial charge in [-0.05, 0) is 56.6 Å². The van der Waals surface area contributed by atoms with E-state index in [1.165, 1.54) is 18.6 Å². The van der Waals surface area contributed by atoms with Crippen molar-refractivity contribution in [2.45, 2.75) is 37.1 Å². The third kappa shape index (κ3) is 2.98. The summed E-state index contributed by atoms with van der Waals surface area (Å²) in [5.41, 5.74) is 2.92. The highest BCUT2D eigenvalue weighted by Crippen LogP contribution is 2.40. The van der Waals surface area contributed by atoms with Gasteiger partial charge < -0.3 is 4.52 Å². The number of carbonyl (C=O) groups is 1. The van der Waals surface area contributed by atoms with Crippen molar-refractivity contribution in [2.24, 2.45) is 0 Å². The molecule has 1 aromatic heterocycles. The van der Waals surface area contributed by atoms with Crippen LogP contribution in [0.25, 0.3) is 22.2 Å². The summed E-state index contributed by atoms with van der Waals surface area (Å²) >= 11 is 0. The molecule has 8 heteroatoms. The van der Waals surface area contributed by atoms with Crippen molar-refractivity contribution >= 4 is 27.9 Å². The lowest BCUT2D eigenvalue weighted by Crippen LogP contribution is -2.33. The number of likely N-dealkylation sites (tertiary alicyclic amines) is 1. The molecule has 3 aromatic rings. The standard InChI is InChI=1S/C21H20FN3O3S/c1-12(25-9-3-2-4-10-25)18-15(7-8-17-19(18)21(26)24-29(17)27)20-14-6-5-13(22)11-16(14)28-23-20/h5-8,11-12H,2-4,9-10H2,1H3,(H,24,26). The second-order valence-electron chi connectivity index (χ2n) is 7.54. The summed E-state index contributed by atoms with van der Waals surface area (Å²) in [5, 5.41) is 4.88. The molecule has 29 heavy (non-hydrogen) atoms. The Labute approximate surface area is 169 Å². The number of amides is 1. The minimum atomic E-state index is -1.56. The number of carbonyl (C=O) groups excluding carboxylic acids is 1. The van der Waals surface area contributed by atoms with E-state index < -0.39 is 16.8 Å². The van der Waals surface area contributed by atoms with Crippen molar-refractivity contribution in [1.29, 1.82) is 0 Å². The van der Waals surface area contributed by atoms with E-state index in [4.69, 9.17) is 4.52 Å². The van der Waals surface area contributed by atoms with E-state index in [-0.39, 0.29) is 11.9 Å². The van der Waals surface area contributed by atoms with Crippen LogP contribution in [0.4, 0.5) is 4.39 Å². The Morgan fingerprint density at radius 1 is 1.21 bits per heavy atom. The number of nitrogens with one attached hydrogen (secondary N) is 1. The lowest BCUT2D eigenvalue weighted by Gasteiger charge is -2.34. The molecule has 150 valence electrons. The largest absolute Gasteiger partial charge is 0.356 e. The van der Waals surface area contributed by atoms with Crippen molar-refractivity contribution in [2.75, 3.05) is 13.1 Å². The van der Waals surface area contributed by atoms with Crippen LogP contribution in [0.5, 0.6) is 0 Å². The summed E-state index contributed by atoms with van der Waals surface area (Å²) < 4.78 is 33.8. The maximum absolute atomic E-state index is 13.6. The topological polar surface area (TPSA) is 75.4 Å². The predicted octanol–water partition coefficient (Wildman–Crippen LogP) is 3.95. The van der Waals surface area contributed by atoms with Crippen LogP contribution in [0.3, 0.4) is 0 Å². The zero-order chi connectivity index (χ0) is 20.1. The Hall–Kier alpha value is -2.58. The molecule has 0 spiro atoms. The lowest BCUT2D eigenvalue weighted by molar-refractivity contribution is 0.0981. The summed E-state index contributed by atoms with van der Waals surface area (Å²) in [6, 6.07) is 7.79. The highest BCUT2D eigenvalue weighted by Gasteiger charge is 2.35. The van der Waals surface area contributed by atoms with Gasteiger partial charge in [-0.2, -0.15) is 0 Å². The van der Waals surface area contributed by atoms with Crippen molar-refractivity contribution in [3.63, 3.8) is 0 Å². The van der Waals surface area contributed by atoms with E-state index in [0.717, 1.165) is 37.1 Å². The van der Waals surface area contributed by atoms with Gasteiger partial charge in [-0.15, -0.1) is 0 Å². The quantitative estimate of drug-likeness (QED) is 0.704. The summed E-state index contributed by atoms with van der Waals surface area (Å²) in [4.78, 5) is 15.5. The fourth-order valence-electron chi connectivity index (χ4n) is 4.41. The molecule has 5 rings (SSSR count). The highest BCUT2D eigenvalue weighted by molar-refractivity contribution is 7.84. The molecular weight excluding hydrogens is 393 g/mol. The van der Waals surface area contributed by atoms with E-state index in [0.29, 0.717) is 27.1 Å². The van der Waals surface area contributed by atoms with Gasteiger partial charge in [0.2, 0.25) is 0 Å². The van der Waals surface area contributed by atoms with Crippen LogP contribution in [-0.4, -0.2) is 33.3 Å². The summed E-state index contributed by atoms with van der Waals surface area (Å²) in [5.74, 6) is -0.733. The number of nitrogens with zero attached hydrogens (tertiary/aromatic N) is 2. The van der Waals surface area contributed by atoms with Gasteiger partial charge in [0.15, 0.2) is 16.6 Å². The Morgan fingerprint density at radius 3 is 2.79 bits per heavy atom. The van der Waals surface area contributed by atoms with Gasteiger partial charge >= 0.3 is 0 Å². The number of rotatable bonds is 3. The molecule has 2 aliphatic heterocycles. The van der Waals surface area contributed by atoms with Gasteiger partial charge in [0.05, 0.1) is 10.5 Å². The first kappa shape index (κ1) is 18.4. The van der Waals surface area contributed by atoms with Gasteiger partial charge in [0.1, 0.15) is 11.5 Å². The van der Waals surface area contributed by atoms with Gasteiger partial charge in [0, 0.05) is 23.1 Å². The average molecular weight is 413 g/mol. The smallest absolute Gasteiger partial charge is 0.264 e. The summed E-state index contributed by atoms with van der Waals surface area (Å²) in [7, 11) is -1.56. The number of aromatic nitrogens is 1. The molecule has 2 aromatic carbocycles. The average Bonchev–Trinajstić information content (AvgIpc) is 3.27. The molecule has 6 nitrogen and oxygen atoms in total. The number of hydrogen-bond acceptors (Lipinski definition) is 5. The minimum absolute atomic E-state index is 0.0618. The molecule has 3 heterocycles. The van der Waals surface area contributed by atoms with Crippen LogP contribution < -0.4 is 4.72 Å². The first-order chi connectivity index (χ1) is 14.0. The molecule has 1 fully saturated rings. The lowest BCUT2D eigenvalue weighted by atomic mass is 9.90. The number of piperidine rings is 1. The summed E-state index contributed by atoms with van der Waals surface area (Å²) in [6.45, 7) is 3.96. The third-order valence-electron chi connectivity index (χ3n) is 5.86. The Morgan fingerprint density at radius 2 is 2.00 bits per heavy atom. The van der Waals surface area contributed by atoms with Crippen LogP contribution in [-0.2, 0) is 11.0 Å². The van der Waals surface area contributed by atoms with Gasteiger partial charge in [-0.1, -0.05) is 17.6 Å². The van der Waals surface area contributed by atoms with Crippen LogP contribution in [0.2, 0.25) is 0 Å². The van der Waals surface area contributed by atoms with Crippen LogP contribution in [0.15, 0.2) is 39.8 Å². The molecule has 2 atom stereocenters. The second kappa shape index (κ2) is 7.03. The number of fused-ring (bicyclic) bond motifs is 2. The van der Waals surface area contributed by atoms with Crippen molar-refractivity contribution < 1.29 is 17.9 Å².